The summed E-state index contributed by atoms with van der Waals surface area (Å²) < 4.78 is 4.91. The molecule has 2 rings (SSSR count). The van der Waals surface area contributed by atoms with Crippen LogP contribution in [-0.2, 0) is 4.74 Å². The Morgan fingerprint density at radius 2 is 2.15 bits per heavy atom. The number of hydrogen-bond acceptors (Lipinski definition) is 3. The summed E-state index contributed by atoms with van der Waals surface area (Å²) in [6.45, 7) is 6.10. The van der Waals surface area contributed by atoms with Gasteiger partial charge in [0.15, 0.2) is 0 Å². The topological polar surface area (TPSA) is 61.9 Å². The maximum atomic E-state index is 12.0. The zero-order valence-electron chi connectivity index (χ0n) is 11.8. The van der Waals surface area contributed by atoms with Crippen molar-refractivity contribution >= 4 is 23.5 Å². The van der Waals surface area contributed by atoms with Crippen molar-refractivity contribution in [1.29, 1.82) is 0 Å². The fourth-order valence-electron chi connectivity index (χ4n) is 2.09. The predicted octanol–water partition coefficient (Wildman–Crippen LogP) is 2.52. The van der Waals surface area contributed by atoms with Gasteiger partial charge in [-0.1, -0.05) is 6.07 Å². The average molecular weight is 277 g/mol. The van der Waals surface area contributed by atoms with Gasteiger partial charge in [-0.05, 0) is 32.0 Å². The number of rotatable bonds is 4. The molecule has 6 nitrogen and oxygen atoms in total. The van der Waals surface area contributed by atoms with Crippen LogP contribution in [-0.4, -0.2) is 43.3 Å². The minimum Gasteiger partial charge on any atom is -0.447 e. The van der Waals surface area contributed by atoms with Crippen LogP contribution < -0.4 is 10.2 Å². The third-order valence-electron chi connectivity index (χ3n) is 3.22. The van der Waals surface area contributed by atoms with E-state index < -0.39 is 0 Å². The van der Waals surface area contributed by atoms with E-state index in [4.69, 9.17) is 4.74 Å². The minimum absolute atomic E-state index is 0.142. The second-order valence-corrected chi connectivity index (χ2v) is 4.42. The highest BCUT2D eigenvalue weighted by Crippen LogP contribution is 2.22. The first kappa shape index (κ1) is 14.2. The summed E-state index contributed by atoms with van der Waals surface area (Å²) in [6.07, 6.45) is -0.350. The van der Waals surface area contributed by atoms with E-state index in [2.05, 4.69) is 5.32 Å². The molecule has 3 amide bonds. The van der Waals surface area contributed by atoms with Crippen molar-refractivity contribution in [3.8, 4) is 0 Å². The fourth-order valence-corrected chi connectivity index (χ4v) is 2.09. The number of ether oxygens (including phenoxy) is 1. The lowest BCUT2D eigenvalue weighted by Crippen LogP contribution is -2.34. The summed E-state index contributed by atoms with van der Waals surface area (Å²) >= 11 is 0. The molecule has 1 aromatic carbocycles. The molecular weight excluding hydrogens is 258 g/mol. The zero-order valence-corrected chi connectivity index (χ0v) is 11.8. The van der Waals surface area contributed by atoms with Gasteiger partial charge in [-0.3, -0.25) is 4.90 Å². The van der Waals surface area contributed by atoms with Crippen molar-refractivity contribution in [2.75, 3.05) is 36.5 Å². The Hall–Kier alpha value is -2.24. The van der Waals surface area contributed by atoms with Crippen LogP contribution in [0.15, 0.2) is 24.3 Å². The van der Waals surface area contributed by atoms with Gasteiger partial charge < -0.3 is 15.0 Å². The molecule has 0 unspecified atom stereocenters. The lowest BCUT2D eigenvalue weighted by molar-refractivity contribution is 0.181. The number of anilines is 2. The van der Waals surface area contributed by atoms with Crippen LogP contribution in [0.25, 0.3) is 0 Å². The Morgan fingerprint density at radius 3 is 2.75 bits per heavy atom. The Morgan fingerprint density at radius 1 is 1.40 bits per heavy atom. The number of urea groups is 1. The molecule has 1 N–H and O–H groups in total. The number of nitrogens with one attached hydrogen (secondary N) is 1. The smallest absolute Gasteiger partial charge is 0.414 e. The van der Waals surface area contributed by atoms with E-state index in [1.54, 1.807) is 28.0 Å². The third-order valence-corrected chi connectivity index (χ3v) is 3.22. The van der Waals surface area contributed by atoms with Gasteiger partial charge in [-0.25, -0.2) is 9.59 Å². The lowest BCUT2D eigenvalue weighted by atomic mass is 10.2. The highest BCUT2D eigenvalue weighted by molar-refractivity contribution is 5.93. The molecule has 1 aromatic rings. The zero-order chi connectivity index (χ0) is 14.5. The summed E-state index contributed by atoms with van der Waals surface area (Å²) in [5, 5.41) is 2.83. The molecule has 108 valence electrons. The van der Waals surface area contributed by atoms with Crippen LogP contribution in [0.4, 0.5) is 21.0 Å². The molecule has 1 fully saturated rings. The van der Waals surface area contributed by atoms with Crippen LogP contribution >= 0.6 is 0 Å². The molecule has 6 heteroatoms. The highest BCUT2D eigenvalue weighted by Gasteiger charge is 2.23. The second kappa shape index (κ2) is 6.27. The number of cyclic esters (lactones) is 1. The van der Waals surface area contributed by atoms with E-state index in [1.165, 1.54) is 0 Å². The molecule has 0 aromatic heterocycles. The van der Waals surface area contributed by atoms with Crippen LogP contribution in [0.1, 0.15) is 13.8 Å². The first-order valence-corrected chi connectivity index (χ1v) is 6.76. The van der Waals surface area contributed by atoms with Crippen molar-refractivity contribution in [2.24, 2.45) is 0 Å². The van der Waals surface area contributed by atoms with E-state index in [0.29, 0.717) is 31.9 Å². The molecular formula is C14H19N3O3. The van der Waals surface area contributed by atoms with Gasteiger partial charge in [0.25, 0.3) is 0 Å². The van der Waals surface area contributed by atoms with Gasteiger partial charge in [0, 0.05) is 24.5 Å². The molecule has 1 aliphatic rings. The van der Waals surface area contributed by atoms with Crippen molar-refractivity contribution in [3.05, 3.63) is 24.3 Å². The van der Waals surface area contributed by atoms with E-state index in [9.17, 15) is 9.59 Å². The minimum atomic E-state index is -0.350. The molecule has 0 atom stereocenters. The Labute approximate surface area is 118 Å². The van der Waals surface area contributed by atoms with Gasteiger partial charge in [-0.2, -0.15) is 0 Å². The SMILES string of the molecule is CCN(CC)C(=O)Nc1cccc(N2CCOC2=O)c1. The Kier molecular flexibility index (Phi) is 4.45. The summed E-state index contributed by atoms with van der Waals surface area (Å²) in [4.78, 5) is 26.7. The molecule has 0 radical (unpaired) electrons. The number of carbonyl (C=O) groups excluding carboxylic acids is 2. The highest BCUT2D eigenvalue weighted by atomic mass is 16.6. The predicted molar refractivity (Wildman–Crippen MR) is 77.1 cm³/mol. The quantitative estimate of drug-likeness (QED) is 0.919. The second-order valence-electron chi connectivity index (χ2n) is 4.42. The van der Waals surface area contributed by atoms with Crippen molar-refractivity contribution in [2.45, 2.75) is 13.8 Å². The maximum Gasteiger partial charge on any atom is 0.414 e. The van der Waals surface area contributed by atoms with Crippen LogP contribution in [0.2, 0.25) is 0 Å². The van der Waals surface area contributed by atoms with Gasteiger partial charge in [-0.15, -0.1) is 0 Å². The Balaban J connectivity index is 2.10. The average Bonchev–Trinajstić information content (AvgIpc) is 2.86. The van der Waals surface area contributed by atoms with Crippen LogP contribution in [0.5, 0.6) is 0 Å². The summed E-state index contributed by atoms with van der Waals surface area (Å²) in [7, 11) is 0. The number of nitrogens with zero attached hydrogens (tertiary/aromatic N) is 2. The molecule has 1 saturated heterocycles. The van der Waals surface area contributed by atoms with Gasteiger partial charge >= 0.3 is 12.1 Å². The molecule has 0 bridgehead atoms. The monoisotopic (exact) mass is 277 g/mol. The first-order chi connectivity index (χ1) is 9.65. The molecule has 0 spiro atoms. The molecule has 1 heterocycles. The Bertz CT molecular complexity index is 500. The lowest BCUT2D eigenvalue weighted by Gasteiger charge is -2.20. The van der Waals surface area contributed by atoms with E-state index in [-0.39, 0.29) is 12.1 Å². The fraction of sp³-hybridized carbons (Fsp3) is 0.429. The maximum absolute atomic E-state index is 12.0. The number of benzene rings is 1. The molecule has 1 aliphatic heterocycles. The van der Waals surface area contributed by atoms with Gasteiger partial charge in [0.05, 0.1) is 6.54 Å². The standard InChI is InChI=1S/C14H19N3O3/c1-3-16(4-2)13(18)15-11-6-5-7-12(10-11)17-8-9-20-14(17)19/h5-7,10H,3-4,8-9H2,1-2H3,(H,15,18). The number of amides is 3. The summed E-state index contributed by atoms with van der Waals surface area (Å²) in [5.74, 6) is 0. The third kappa shape index (κ3) is 3.01. The van der Waals surface area contributed by atoms with Crippen molar-refractivity contribution in [1.82, 2.24) is 4.90 Å². The largest absolute Gasteiger partial charge is 0.447 e. The van der Waals surface area contributed by atoms with Crippen molar-refractivity contribution in [3.63, 3.8) is 0 Å². The molecule has 20 heavy (non-hydrogen) atoms. The van der Waals surface area contributed by atoms with Gasteiger partial charge in [0.2, 0.25) is 0 Å². The van der Waals surface area contributed by atoms with E-state index >= 15 is 0 Å². The number of carbonyl (C=O) groups is 2. The van der Waals surface area contributed by atoms with E-state index in [1.807, 2.05) is 19.9 Å². The summed E-state index contributed by atoms with van der Waals surface area (Å²) in [6, 6.07) is 7.05. The van der Waals surface area contributed by atoms with Crippen LogP contribution in [0, 0.1) is 0 Å². The first-order valence-electron chi connectivity index (χ1n) is 6.76. The summed E-state index contributed by atoms with van der Waals surface area (Å²) in [5.41, 5.74) is 1.39. The van der Waals surface area contributed by atoms with E-state index in [0.717, 1.165) is 5.69 Å². The van der Waals surface area contributed by atoms with Crippen molar-refractivity contribution < 1.29 is 14.3 Å². The van der Waals surface area contributed by atoms with Crippen LogP contribution in [0.3, 0.4) is 0 Å². The molecule has 0 aliphatic carbocycles. The normalized spacial score (nSPS) is 14.1. The van der Waals surface area contributed by atoms with Gasteiger partial charge in [0.1, 0.15) is 6.61 Å². The number of hydrogen-bond donors (Lipinski definition) is 1. The molecule has 0 saturated carbocycles.